The summed E-state index contributed by atoms with van der Waals surface area (Å²) >= 11 is 0. The Morgan fingerprint density at radius 2 is 1.57 bits per heavy atom. The summed E-state index contributed by atoms with van der Waals surface area (Å²) < 4.78 is 39.0. The van der Waals surface area contributed by atoms with E-state index in [1.165, 1.54) is 0 Å². The monoisotopic (exact) mass is 295 g/mol. The molecule has 0 saturated carbocycles. The van der Waals surface area contributed by atoms with Gasteiger partial charge >= 0.3 is 6.18 Å². The first-order valence-corrected chi connectivity index (χ1v) is 7.14. The van der Waals surface area contributed by atoms with Gasteiger partial charge in [-0.3, -0.25) is 0 Å². The summed E-state index contributed by atoms with van der Waals surface area (Å²) in [4.78, 5) is 9.45. The maximum Gasteiger partial charge on any atom is 0.451 e. The molecular weight excluding hydrogens is 279 g/mol. The highest BCUT2D eigenvalue weighted by molar-refractivity contribution is 5.89. The molecule has 3 nitrogen and oxygen atoms in total. The van der Waals surface area contributed by atoms with Gasteiger partial charge in [-0.15, -0.1) is 0 Å². The summed E-state index contributed by atoms with van der Waals surface area (Å²) in [6.45, 7) is 1.50. The number of hydrogen-bond donors (Lipinski definition) is 0. The van der Waals surface area contributed by atoms with Crippen molar-refractivity contribution in [2.24, 2.45) is 0 Å². The Morgan fingerprint density at radius 3 is 2.24 bits per heavy atom. The molecule has 1 saturated heterocycles. The predicted octanol–water partition coefficient (Wildman–Crippen LogP) is 4.03. The van der Waals surface area contributed by atoms with Gasteiger partial charge in [-0.2, -0.15) is 13.2 Å². The Kier molecular flexibility index (Phi) is 3.69. The van der Waals surface area contributed by atoms with Crippen LogP contribution in [0.1, 0.15) is 31.5 Å². The van der Waals surface area contributed by atoms with Gasteiger partial charge in [-0.1, -0.05) is 25.0 Å². The third kappa shape index (κ3) is 2.94. The molecule has 0 amide bonds. The van der Waals surface area contributed by atoms with Crippen LogP contribution < -0.4 is 4.90 Å². The van der Waals surface area contributed by atoms with Gasteiger partial charge in [0.25, 0.3) is 0 Å². The van der Waals surface area contributed by atoms with Crippen molar-refractivity contribution in [2.45, 2.75) is 31.9 Å². The molecule has 0 atom stereocenters. The average molecular weight is 295 g/mol. The third-order valence-corrected chi connectivity index (χ3v) is 3.74. The Balaban J connectivity index is 2.14. The number of nitrogens with zero attached hydrogens (tertiary/aromatic N) is 3. The lowest BCUT2D eigenvalue weighted by Crippen LogP contribution is -2.26. The number of rotatable bonds is 1. The maximum atomic E-state index is 13.0. The molecule has 0 N–H and O–H groups in total. The second kappa shape index (κ2) is 5.50. The lowest BCUT2D eigenvalue weighted by molar-refractivity contribution is -0.144. The number of anilines is 1. The zero-order valence-corrected chi connectivity index (χ0v) is 11.5. The first-order chi connectivity index (χ1) is 10.1. The SMILES string of the molecule is FC(F)(F)c1nc(N2CCCCCC2)c2ccccc2n1. The van der Waals surface area contributed by atoms with E-state index in [0.717, 1.165) is 38.8 Å². The smallest absolute Gasteiger partial charge is 0.356 e. The highest BCUT2D eigenvalue weighted by atomic mass is 19.4. The van der Waals surface area contributed by atoms with Crippen LogP contribution in [-0.2, 0) is 6.18 Å². The summed E-state index contributed by atoms with van der Waals surface area (Å²) in [7, 11) is 0. The highest BCUT2D eigenvalue weighted by Gasteiger charge is 2.36. The zero-order valence-electron chi connectivity index (χ0n) is 11.5. The molecule has 0 aliphatic carbocycles. The van der Waals surface area contributed by atoms with Gasteiger partial charge < -0.3 is 4.90 Å². The lowest BCUT2D eigenvalue weighted by Gasteiger charge is -2.23. The van der Waals surface area contributed by atoms with Crippen LogP contribution in [0.2, 0.25) is 0 Å². The van der Waals surface area contributed by atoms with Crippen molar-refractivity contribution in [3.8, 4) is 0 Å². The van der Waals surface area contributed by atoms with E-state index in [4.69, 9.17) is 0 Å². The average Bonchev–Trinajstić information content (AvgIpc) is 2.74. The van der Waals surface area contributed by atoms with Gasteiger partial charge in [0, 0.05) is 18.5 Å². The van der Waals surface area contributed by atoms with Crippen molar-refractivity contribution in [1.29, 1.82) is 0 Å². The first-order valence-electron chi connectivity index (χ1n) is 7.14. The molecule has 2 heterocycles. The van der Waals surface area contributed by atoms with E-state index in [9.17, 15) is 13.2 Å². The van der Waals surface area contributed by atoms with Crippen LogP contribution in [0.15, 0.2) is 24.3 Å². The molecule has 0 bridgehead atoms. The second-order valence-electron chi connectivity index (χ2n) is 5.29. The molecule has 112 valence electrons. The van der Waals surface area contributed by atoms with Crippen LogP contribution in [0, 0.1) is 0 Å². The molecule has 1 aromatic heterocycles. The van der Waals surface area contributed by atoms with Gasteiger partial charge in [0.15, 0.2) is 0 Å². The Morgan fingerprint density at radius 1 is 0.905 bits per heavy atom. The van der Waals surface area contributed by atoms with E-state index in [0.29, 0.717) is 16.7 Å². The number of fused-ring (bicyclic) bond motifs is 1. The van der Waals surface area contributed by atoms with Crippen molar-refractivity contribution < 1.29 is 13.2 Å². The van der Waals surface area contributed by atoms with Crippen LogP contribution in [0.25, 0.3) is 10.9 Å². The van der Waals surface area contributed by atoms with Crippen LogP contribution in [0.5, 0.6) is 0 Å². The molecule has 21 heavy (non-hydrogen) atoms. The lowest BCUT2D eigenvalue weighted by atomic mass is 10.2. The molecule has 0 spiro atoms. The van der Waals surface area contributed by atoms with Crippen molar-refractivity contribution in [1.82, 2.24) is 9.97 Å². The number of aromatic nitrogens is 2. The van der Waals surface area contributed by atoms with Crippen LogP contribution in [-0.4, -0.2) is 23.1 Å². The largest absolute Gasteiger partial charge is 0.451 e. The van der Waals surface area contributed by atoms with Crippen LogP contribution >= 0.6 is 0 Å². The normalized spacial score (nSPS) is 17.0. The topological polar surface area (TPSA) is 29.0 Å². The number of benzene rings is 1. The van der Waals surface area contributed by atoms with Gasteiger partial charge in [-0.25, -0.2) is 9.97 Å². The second-order valence-corrected chi connectivity index (χ2v) is 5.29. The summed E-state index contributed by atoms with van der Waals surface area (Å²) in [5.41, 5.74) is 0.346. The molecule has 2 aromatic rings. The summed E-state index contributed by atoms with van der Waals surface area (Å²) in [5.74, 6) is -0.643. The minimum Gasteiger partial charge on any atom is -0.356 e. The molecule has 1 aliphatic heterocycles. The molecule has 3 rings (SSSR count). The van der Waals surface area contributed by atoms with Crippen molar-refractivity contribution in [3.05, 3.63) is 30.1 Å². The van der Waals surface area contributed by atoms with E-state index in [1.807, 2.05) is 4.90 Å². The van der Waals surface area contributed by atoms with E-state index >= 15 is 0 Å². The Hall–Kier alpha value is -1.85. The predicted molar refractivity (Wildman–Crippen MR) is 75.2 cm³/mol. The fourth-order valence-corrected chi connectivity index (χ4v) is 2.71. The zero-order chi connectivity index (χ0) is 14.9. The first kappa shape index (κ1) is 14.1. The van der Waals surface area contributed by atoms with Crippen molar-refractivity contribution >= 4 is 16.7 Å². The molecule has 1 aliphatic rings. The minimum absolute atomic E-state index is 0.346. The fourth-order valence-electron chi connectivity index (χ4n) is 2.71. The quantitative estimate of drug-likeness (QED) is 0.795. The highest BCUT2D eigenvalue weighted by Crippen LogP contribution is 2.32. The molecular formula is C15H16F3N3. The Bertz CT molecular complexity index is 632. The summed E-state index contributed by atoms with van der Waals surface area (Å²) in [6, 6.07) is 6.89. The van der Waals surface area contributed by atoms with Crippen LogP contribution in [0.3, 0.4) is 0 Å². The molecule has 1 aromatic carbocycles. The van der Waals surface area contributed by atoms with Gasteiger partial charge in [-0.05, 0) is 25.0 Å². The van der Waals surface area contributed by atoms with E-state index < -0.39 is 12.0 Å². The third-order valence-electron chi connectivity index (χ3n) is 3.74. The summed E-state index contributed by atoms with van der Waals surface area (Å²) in [6.07, 6.45) is -0.318. The van der Waals surface area contributed by atoms with Crippen molar-refractivity contribution in [2.75, 3.05) is 18.0 Å². The molecule has 1 fully saturated rings. The number of para-hydroxylation sites is 1. The molecule has 6 heteroatoms. The number of halogens is 3. The summed E-state index contributed by atoms with van der Waals surface area (Å²) in [5, 5.41) is 0.687. The van der Waals surface area contributed by atoms with Gasteiger partial charge in [0.1, 0.15) is 5.82 Å². The molecule has 0 unspecified atom stereocenters. The van der Waals surface area contributed by atoms with Gasteiger partial charge in [0.2, 0.25) is 5.82 Å². The van der Waals surface area contributed by atoms with E-state index in [1.54, 1.807) is 24.3 Å². The number of alkyl halides is 3. The standard InChI is InChI=1S/C15H16F3N3/c16-15(17,18)14-19-12-8-4-3-7-11(12)13(20-14)21-9-5-1-2-6-10-21/h3-4,7-8H,1-2,5-6,9-10H2. The maximum absolute atomic E-state index is 13.0. The van der Waals surface area contributed by atoms with Crippen molar-refractivity contribution in [3.63, 3.8) is 0 Å². The van der Waals surface area contributed by atoms with E-state index in [-0.39, 0.29) is 0 Å². The fraction of sp³-hybridized carbons (Fsp3) is 0.467. The van der Waals surface area contributed by atoms with E-state index in [2.05, 4.69) is 9.97 Å². The number of hydrogen-bond acceptors (Lipinski definition) is 3. The van der Waals surface area contributed by atoms with Gasteiger partial charge in [0.05, 0.1) is 5.52 Å². The van der Waals surface area contributed by atoms with Crippen LogP contribution in [0.4, 0.5) is 19.0 Å². The minimum atomic E-state index is -4.52. The Labute approximate surface area is 120 Å². The molecule has 0 radical (unpaired) electrons.